The number of hydrogen-bond acceptors (Lipinski definition) is 3. The van der Waals surface area contributed by atoms with Crippen molar-refractivity contribution in [2.75, 3.05) is 40.3 Å². The zero-order valence-electron chi connectivity index (χ0n) is 16.2. The molecule has 0 aliphatic rings. The van der Waals surface area contributed by atoms with Crippen LogP contribution in [0.2, 0.25) is 0 Å². The predicted octanol–water partition coefficient (Wildman–Crippen LogP) is 3.34. The molecule has 8 heteroatoms. The molecule has 0 aliphatic carbocycles. The molecular weight excluding hydrogens is 511 g/mol. The Morgan fingerprint density at radius 2 is 1.92 bits per heavy atom. The molecule has 0 fully saturated rings. The topological polar surface area (TPSA) is 57.2 Å². The molecule has 1 rings (SSSR count). The van der Waals surface area contributed by atoms with Crippen molar-refractivity contribution in [2.24, 2.45) is 4.99 Å². The van der Waals surface area contributed by atoms with Crippen LogP contribution in [-0.2, 0) is 11.3 Å². The third-order valence-electron chi connectivity index (χ3n) is 3.81. The average Bonchev–Trinajstić information content (AvgIpc) is 2.59. The Morgan fingerprint density at radius 1 is 1.27 bits per heavy atom. The Bertz CT molecular complexity index is 595. The van der Waals surface area contributed by atoms with Gasteiger partial charge in [0.15, 0.2) is 5.96 Å². The largest absolute Gasteiger partial charge is 0.496 e. The molecule has 0 unspecified atom stereocenters. The van der Waals surface area contributed by atoms with E-state index in [1.165, 1.54) is 0 Å². The van der Waals surface area contributed by atoms with Gasteiger partial charge < -0.3 is 19.9 Å². The summed E-state index contributed by atoms with van der Waals surface area (Å²) in [6, 6.07) is 5.89. The molecule has 0 aromatic heterocycles. The molecule has 1 aromatic rings. The second-order valence-electron chi connectivity index (χ2n) is 5.56. The summed E-state index contributed by atoms with van der Waals surface area (Å²) in [4.78, 5) is 20.6. The number of methoxy groups -OCH3 is 1. The summed E-state index contributed by atoms with van der Waals surface area (Å²) in [7, 11) is 3.52. The van der Waals surface area contributed by atoms with Crippen molar-refractivity contribution in [3.8, 4) is 5.75 Å². The van der Waals surface area contributed by atoms with E-state index in [0.29, 0.717) is 13.1 Å². The molecule has 0 spiro atoms. The standard InChI is InChI=1S/C18H29BrN4O2.HI/c1-6-20-18(22(4)13-17(24)23(7-2)8-3)21-12-14-9-10-16(25-5)15(19)11-14;/h9-11H,6-8,12-13H2,1-5H3,(H,20,21);1H. The van der Waals surface area contributed by atoms with Crippen LogP contribution in [0.1, 0.15) is 26.3 Å². The van der Waals surface area contributed by atoms with Crippen LogP contribution in [-0.4, -0.2) is 62.0 Å². The van der Waals surface area contributed by atoms with Crippen molar-refractivity contribution in [2.45, 2.75) is 27.3 Å². The van der Waals surface area contributed by atoms with Gasteiger partial charge in [0.1, 0.15) is 5.75 Å². The van der Waals surface area contributed by atoms with Crippen LogP contribution in [0.4, 0.5) is 0 Å². The van der Waals surface area contributed by atoms with Gasteiger partial charge >= 0.3 is 0 Å². The number of carbonyl (C=O) groups is 1. The summed E-state index contributed by atoms with van der Waals surface area (Å²) >= 11 is 3.49. The molecule has 0 saturated heterocycles. The van der Waals surface area contributed by atoms with Crippen molar-refractivity contribution in [3.63, 3.8) is 0 Å². The summed E-state index contributed by atoms with van der Waals surface area (Å²) in [5.74, 6) is 1.61. The molecule has 0 bridgehead atoms. The van der Waals surface area contributed by atoms with Crippen molar-refractivity contribution < 1.29 is 9.53 Å². The molecule has 1 N–H and O–H groups in total. The number of guanidine groups is 1. The van der Waals surface area contributed by atoms with Gasteiger partial charge in [0.25, 0.3) is 0 Å². The average molecular weight is 541 g/mol. The van der Waals surface area contributed by atoms with Crippen LogP contribution in [0.3, 0.4) is 0 Å². The van der Waals surface area contributed by atoms with Crippen LogP contribution in [0.25, 0.3) is 0 Å². The number of carbonyl (C=O) groups excluding carboxylic acids is 1. The number of likely N-dealkylation sites (N-methyl/N-ethyl adjacent to an activating group) is 2. The zero-order valence-corrected chi connectivity index (χ0v) is 20.1. The van der Waals surface area contributed by atoms with E-state index < -0.39 is 0 Å². The van der Waals surface area contributed by atoms with Crippen LogP contribution in [0.5, 0.6) is 5.75 Å². The summed E-state index contributed by atoms with van der Waals surface area (Å²) in [5, 5.41) is 3.24. The smallest absolute Gasteiger partial charge is 0.242 e. The number of halogens is 2. The molecule has 148 valence electrons. The van der Waals surface area contributed by atoms with Crippen molar-refractivity contribution >= 4 is 51.8 Å². The molecule has 1 aromatic carbocycles. The van der Waals surface area contributed by atoms with Gasteiger partial charge in [0, 0.05) is 26.7 Å². The Labute approximate surface area is 182 Å². The SMILES string of the molecule is CCNC(=NCc1ccc(OC)c(Br)c1)N(C)CC(=O)N(CC)CC.I. The predicted molar refractivity (Wildman–Crippen MR) is 121 cm³/mol. The summed E-state index contributed by atoms with van der Waals surface area (Å²) < 4.78 is 6.15. The molecule has 1 amide bonds. The highest BCUT2D eigenvalue weighted by Gasteiger charge is 2.15. The summed E-state index contributed by atoms with van der Waals surface area (Å²) in [6.45, 7) is 9.00. The van der Waals surface area contributed by atoms with Gasteiger partial charge in [0.2, 0.25) is 5.91 Å². The molecule has 0 atom stereocenters. The van der Waals surface area contributed by atoms with E-state index in [2.05, 4.69) is 26.2 Å². The number of aliphatic imine (C=N–C) groups is 1. The lowest BCUT2D eigenvalue weighted by Gasteiger charge is -2.25. The molecule has 0 saturated carbocycles. The van der Waals surface area contributed by atoms with Gasteiger partial charge in [-0.15, -0.1) is 24.0 Å². The number of ether oxygens (including phenoxy) is 1. The van der Waals surface area contributed by atoms with Crippen molar-refractivity contribution in [3.05, 3.63) is 28.2 Å². The maximum Gasteiger partial charge on any atom is 0.242 e. The molecule has 0 aliphatic heterocycles. The van der Waals surface area contributed by atoms with Crippen LogP contribution in [0, 0.1) is 0 Å². The Kier molecular flexibility index (Phi) is 12.7. The minimum Gasteiger partial charge on any atom is -0.496 e. The lowest BCUT2D eigenvalue weighted by molar-refractivity contribution is -0.131. The number of rotatable bonds is 8. The maximum atomic E-state index is 12.3. The first-order valence-electron chi connectivity index (χ1n) is 8.56. The van der Waals surface area contributed by atoms with Crippen LogP contribution in [0.15, 0.2) is 27.7 Å². The van der Waals surface area contributed by atoms with E-state index in [-0.39, 0.29) is 29.9 Å². The molecule has 6 nitrogen and oxygen atoms in total. The Balaban J connectivity index is 0.00000625. The summed E-state index contributed by atoms with van der Waals surface area (Å²) in [6.07, 6.45) is 0. The highest BCUT2D eigenvalue weighted by atomic mass is 127. The van der Waals surface area contributed by atoms with E-state index in [1.54, 1.807) is 7.11 Å². The van der Waals surface area contributed by atoms with E-state index in [9.17, 15) is 4.79 Å². The molecular formula is C18H30BrIN4O2. The fourth-order valence-corrected chi connectivity index (χ4v) is 2.99. The molecule has 0 radical (unpaired) electrons. The number of nitrogens with zero attached hydrogens (tertiary/aromatic N) is 3. The van der Waals surface area contributed by atoms with E-state index >= 15 is 0 Å². The first-order chi connectivity index (χ1) is 12.0. The van der Waals surface area contributed by atoms with Gasteiger partial charge in [0.05, 0.1) is 24.7 Å². The van der Waals surface area contributed by atoms with E-state index in [1.807, 2.05) is 55.8 Å². The first kappa shape index (κ1) is 25.0. The number of hydrogen-bond donors (Lipinski definition) is 1. The van der Waals surface area contributed by atoms with E-state index in [0.717, 1.165) is 41.4 Å². The Morgan fingerprint density at radius 3 is 2.42 bits per heavy atom. The molecule has 0 heterocycles. The second-order valence-corrected chi connectivity index (χ2v) is 6.42. The monoisotopic (exact) mass is 540 g/mol. The highest BCUT2D eigenvalue weighted by Crippen LogP contribution is 2.25. The van der Waals surface area contributed by atoms with Crippen molar-refractivity contribution in [1.29, 1.82) is 0 Å². The number of nitrogens with one attached hydrogen (secondary N) is 1. The highest BCUT2D eigenvalue weighted by molar-refractivity contribution is 14.0. The van der Waals surface area contributed by atoms with Crippen LogP contribution >= 0.6 is 39.9 Å². The number of benzene rings is 1. The molecule has 26 heavy (non-hydrogen) atoms. The first-order valence-corrected chi connectivity index (χ1v) is 9.35. The van der Waals surface area contributed by atoms with Gasteiger partial charge in [-0.05, 0) is 54.4 Å². The quantitative estimate of drug-likeness (QED) is 0.312. The van der Waals surface area contributed by atoms with Gasteiger partial charge in [-0.1, -0.05) is 6.07 Å². The lowest BCUT2D eigenvalue weighted by atomic mass is 10.2. The fourth-order valence-electron chi connectivity index (χ4n) is 2.40. The fraction of sp³-hybridized carbons (Fsp3) is 0.556. The number of amides is 1. The lowest BCUT2D eigenvalue weighted by Crippen LogP contribution is -2.45. The zero-order chi connectivity index (χ0) is 18.8. The van der Waals surface area contributed by atoms with Gasteiger partial charge in [-0.2, -0.15) is 0 Å². The van der Waals surface area contributed by atoms with Crippen LogP contribution < -0.4 is 10.1 Å². The third kappa shape index (κ3) is 7.69. The van der Waals surface area contributed by atoms with E-state index in [4.69, 9.17) is 4.74 Å². The Hall–Kier alpha value is -1.03. The van der Waals surface area contributed by atoms with Gasteiger partial charge in [-0.25, -0.2) is 4.99 Å². The minimum atomic E-state index is 0. The second kappa shape index (κ2) is 13.2. The summed E-state index contributed by atoms with van der Waals surface area (Å²) in [5.41, 5.74) is 1.06. The van der Waals surface area contributed by atoms with Gasteiger partial charge in [-0.3, -0.25) is 4.79 Å². The van der Waals surface area contributed by atoms with Crippen molar-refractivity contribution in [1.82, 2.24) is 15.1 Å². The normalized spacial score (nSPS) is 10.8. The third-order valence-corrected chi connectivity index (χ3v) is 4.43. The minimum absolute atomic E-state index is 0. The maximum absolute atomic E-state index is 12.3.